The van der Waals surface area contributed by atoms with Crippen LogP contribution in [-0.2, 0) is 19.1 Å². The van der Waals surface area contributed by atoms with Crippen LogP contribution < -0.4 is 10.6 Å². The number of esters is 1. The highest BCUT2D eigenvalue weighted by atomic mass is 16.5. The van der Waals surface area contributed by atoms with Gasteiger partial charge in [0.05, 0.1) is 0 Å². The number of nitrogens with zero attached hydrogens (tertiary/aromatic N) is 1. The van der Waals surface area contributed by atoms with E-state index >= 15 is 0 Å². The van der Waals surface area contributed by atoms with Crippen LogP contribution in [0.2, 0.25) is 0 Å². The Hall–Kier alpha value is -2.90. The van der Waals surface area contributed by atoms with E-state index in [1.54, 1.807) is 6.07 Å². The summed E-state index contributed by atoms with van der Waals surface area (Å²) in [5.74, 6) is -1.16. The average molecular weight is 415 g/mol. The Kier molecular flexibility index (Phi) is 6.14. The van der Waals surface area contributed by atoms with Gasteiger partial charge in [-0.15, -0.1) is 0 Å². The maximum Gasteiger partial charge on any atom is 0.327 e. The van der Waals surface area contributed by atoms with Crippen molar-refractivity contribution in [2.75, 3.05) is 11.9 Å². The van der Waals surface area contributed by atoms with E-state index < -0.39 is 36.1 Å². The van der Waals surface area contributed by atoms with E-state index in [1.165, 1.54) is 6.92 Å². The molecule has 1 aromatic rings. The third-order valence-corrected chi connectivity index (χ3v) is 5.98. The second-order valence-electron chi connectivity index (χ2n) is 8.53. The van der Waals surface area contributed by atoms with Crippen LogP contribution in [0.1, 0.15) is 50.7 Å². The number of benzene rings is 1. The standard InChI is InChI=1S/C22H29N3O5/c1-13-7-9-22(10-8-13)20(28)25(21(29)24-22)12-18(26)30-16(4)19(27)23-17-6-5-14(2)11-15(17)3/h5-6,11,13,16H,7-10,12H2,1-4H3,(H,23,27)(H,24,29). The Morgan fingerprint density at radius 2 is 1.93 bits per heavy atom. The van der Waals surface area contributed by atoms with Crippen molar-refractivity contribution in [1.82, 2.24) is 10.2 Å². The molecule has 3 rings (SSSR count). The van der Waals surface area contributed by atoms with Gasteiger partial charge in [0, 0.05) is 5.69 Å². The van der Waals surface area contributed by atoms with Gasteiger partial charge in [-0.25, -0.2) is 4.79 Å². The lowest BCUT2D eigenvalue weighted by molar-refractivity contribution is -0.155. The summed E-state index contributed by atoms with van der Waals surface area (Å²) in [6, 6.07) is 5.01. The number of carbonyl (C=O) groups is 4. The van der Waals surface area contributed by atoms with Crippen molar-refractivity contribution in [3.63, 3.8) is 0 Å². The van der Waals surface area contributed by atoms with Crippen LogP contribution >= 0.6 is 0 Å². The molecular formula is C22H29N3O5. The lowest BCUT2D eigenvalue weighted by Crippen LogP contribution is -2.49. The molecule has 0 bridgehead atoms. The normalized spacial score (nSPS) is 24.5. The van der Waals surface area contributed by atoms with Gasteiger partial charge >= 0.3 is 12.0 Å². The third kappa shape index (κ3) is 4.47. The van der Waals surface area contributed by atoms with Crippen molar-refractivity contribution in [3.8, 4) is 0 Å². The highest BCUT2D eigenvalue weighted by Gasteiger charge is 2.52. The second kappa shape index (κ2) is 8.45. The van der Waals surface area contributed by atoms with E-state index in [0.29, 0.717) is 24.4 Å². The van der Waals surface area contributed by atoms with Crippen molar-refractivity contribution in [1.29, 1.82) is 0 Å². The molecule has 1 unspecified atom stereocenters. The van der Waals surface area contributed by atoms with Crippen LogP contribution in [0.15, 0.2) is 18.2 Å². The average Bonchev–Trinajstić information content (AvgIpc) is 2.90. The zero-order valence-corrected chi connectivity index (χ0v) is 17.9. The summed E-state index contributed by atoms with van der Waals surface area (Å²) in [7, 11) is 0. The number of urea groups is 1. The SMILES string of the molecule is Cc1ccc(NC(=O)C(C)OC(=O)CN2C(=O)NC3(CCC(C)CC3)C2=O)c(C)c1. The van der Waals surface area contributed by atoms with Gasteiger partial charge in [-0.2, -0.15) is 0 Å². The molecule has 1 saturated heterocycles. The quantitative estimate of drug-likeness (QED) is 0.568. The van der Waals surface area contributed by atoms with Crippen LogP contribution in [0.4, 0.5) is 10.5 Å². The lowest BCUT2D eigenvalue weighted by atomic mass is 9.77. The highest BCUT2D eigenvalue weighted by Crippen LogP contribution is 2.36. The molecule has 2 aliphatic rings. The molecule has 30 heavy (non-hydrogen) atoms. The summed E-state index contributed by atoms with van der Waals surface area (Å²) in [5, 5.41) is 5.49. The van der Waals surface area contributed by atoms with Gasteiger partial charge in [0.15, 0.2) is 6.10 Å². The summed E-state index contributed by atoms with van der Waals surface area (Å²) in [4.78, 5) is 50.7. The fourth-order valence-corrected chi connectivity index (χ4v) is 4.02. The van der Waals surface area contributed by atoms with Gasteiger partial charge in [-0.3, -0.25) is 19.3 Å². The number of amides is 4. The molecule has 2 N–H and O–H groups in total. The van der Waals surface area contributed by atoms with Crippen LogP contribution in [0.5, 0.6) is 0 Å². The first-order valence-electron chi connectivity index (χ1n) is 10.3. The molecule has 0 aromatic heterocycles. The minimum Gasteiger partial charge on any atom is -0.451 e. The molecule has 1 atom stereocenters. The number of carbonyl (C=O) groups excluding carboxylic acids is 4. The van der Waals surface area contributed by atoms with Crippen molar-refractivity contribution < 1.29 is 23.9 Å². The number of nitrogens with one attached hydrogen (secondary N) is 2. The molecule has 1 saturated carbocycles. The molecule has 1 aliphatic carbocycles. The predicted octanol–water partition coefficient (Wildman–Crippen LogP) is 2.67. The van der Waals surface area contributed by atoms with Gasteiger partial charge in [0.1, 0.15) is 12.1 Å². The first-order chi connectivity index (χ1) is 14.1. The maximum absolute atomic E-state index is 12.8. The Labute approximate surface area is 176 Å². The molecule has 4 amide bonds. The first-order valence-corrected chi connectivity index (χ1v) is 10.3. The van der Waals surface area contributed by atoms with Gasteiger partial charge in [-0.05, 0) is 64.0 Å². The van der Waals surface area contributed by atoms with E-state index in [-0.39, 0.29) is 5.91 Å². The van der Waals surface area contributed by atoms with Gasteiger partial charge in [0.25, 0.3) is 11.8 Å². The molecule has 8 nitrogen and oxygen atoms in total. The zero-order chi connectivity index (χ0) is 22.1. The van der Waals surface area contributed by atoms with Crippen LogP contribution in [0.3, 0.4) is 0 Å². The molecule has 2 fully saturated rings. The molecular weight excluding hydrogens is 386 g/mol. The number of anilines is 1. The highest BCUT2D eigenvalue weighted by molar-refractivity contribution is 6.08. The van der Waals surface area contributed by atoms with Crippen molar-refractivity contribution >= 4 is 29.5 Å². The molecule has 0 radical (unpaired) electrons. The van der Waals surface area contributed by atoms with Gasteiger partial charge < -0.3 is 15.4 Å². The number of imide groups is 1. The number of ether oxygens (including phenoxy) is 1. The van der Waals surface area contributed by atoms with E-state index in [9.17, 15) is 19.2 Å². The third-order valence-electron chi connectivity index (χ3n) is 5.98. The number of hydrogen-bond acceptors (Lipinski definition) is 5. The summed E-state index contributed by atoms with van der Waals surface area (Å²) < 4.78 is 5.17. The van der Waals surface area contributed by atoms with Crippen molar-refractivity contribution in [2.24, 2.45) is 5.92 Å². The number of hydrogen-bond donors (Lipinski definition) is 2. The molecule has 1 spiro atoms. The van der Waals surface area contributed by atoms with Crippen molar-refractivity contribution in [3.05, 3.63) is 29.3 Å². The Morgan fingerprint density at radius 1 is 1.27 bits per heavy atom. The topological polar surface area (TPSA) is 105 Å². The maximum atomic E-state index is 12.8. The Balaban J connectivity index is 1.56. The Morgan fingerprint density at radius 3 is 2.57 bits per heavy atom. The number of aryl methyl sites for hydroxylation is 2. The zero-order valence-electron chi connectivity index (χ0n) is 17.9. The molecule has 8 heteroatoms. The Bertz CT molecular complexity index is 874. The van der Waals surface area contributed by atoms with Gasteiger partial charge in [-0.1, -0.05) is 24.6 Å². The van der Waals surface area contributed by atoms with E-state index in [2.05, 4.69) is 17.6 Å². The van der Waals surface area contributed by atoms with E-state index in [0.717, 1.165) is 28.9 Å². The van der Waals surface area contributed by atoms with Gasteiger partial charge in [0.2, 0.25) is 0 Å². The predicted molar refractivity (Wildman–Crippen MR) is 111 cm³/mol. The molecule has 1 aliphatic heterocycles. The van der Waals surface area contributed by atoms with Crippen LogP contribution in [0.25, 0.3) is 0 Å². The fraction of sp³-hybridized carbons (Fsp3) is 0.545. The molecule has 1 heterocycles. The monoisotopic (exact) mass is 415 g/mol. The molecule has 1 aromatic carbocycles. The smallest absolute Gasteiger partial charge is 0.327 e. The summed E-state index contributed by atoms with van der Waals surface area (Å²) in [5.41, 5.74) is 1.70. The van der Waals surface area contributed by atoms with E-state index in [1.807, 2.05) is 26.0 Å². The number of rotatable bonds is 5. The summed E-state index contributed by atoms with van der Waals surface area (Å²) >= 11 is 0. The van der Waals surface area contributed by atoms with Crippen LogP contribution in [0, 0.1) is 19.8 Å². The van der Waals surface area contributed by atoms with Crippen molar-refractivity contribution in [2.45, 2.75) is 65.0 Å². The summed E-state index contributed by atoms with van der Waals surface area (Å²) in [6.07, 6.45) is 1.76. The largest absolute Gasteiger partial charge is 0.451 e. The van der Waals surface area contributed by atoms with Crippen LogP contribution in [-0.4, -0.2) is 46.9 Å². The fourth-order valence-electron chi connectivity index (χ4n) is 4.02. The van der Waals surface area contributed by atoms with E-state index in [4.69, 9.17) is 4.74 Å². The second-order valence-corrected chi connectivity index (χ2v) is 8.53. The minimum absolute atomic E-state index is 0.385. The summed E-state index contributed by atoms with van der Waals surface area (Å²) in [6.45, 7) is 6.89. The lowest BCUT2D eigenvalue weighted by Gasteiger charge is -2.33. The first kappa shape index (κ1) is 21.8. The molecule has 162 valence electrons. The minimum atomic E-state index is -1.07.